The second-order valence-corrected chi connectivity index (χ2v) is 6.91. The zero-order chi connectivity index (χ0) is 19.5. The third-order valence-corrected chi connectivity index (χ3v) is 4.90. The van der Waals surface area contributed by atoms with E-state index in [1.54, 1.807) is 12.1 Å². The predicted octanol–water partition coefficient (Wildman–Crippen LogP) is 2.45. The van der Waals surface area contributed by atoms with Crippen molar-refractivity contribution >= 4 is 36.6 Å². The number of hydrogen-bond acceptors (Lipinski definition) is 4. The summed E-state index contributed by atoms with van der Waals surface area (Å²) in [7, 11) is 0. The summed E-state index contributed by atoms with van der Waals surface area (Å²) in [6.45, 7) is 4.93. The van der Waals surface area contributed by atoms with Crippen LogP contribution in [0.15, 0.2) is 24.3 Å². The molecule has 0 bridgehead atoms. The number of nitrogens with one attached hydrogen (secondary N) is 1. The molecule has 1 aliphatic rings. The van der Waals surface area contributed by atoms with Crippen molar-refractivity contribution in [2.45, 2.75) is 32.1 Å². The number of nitrogens with two attached hydrogens (primary N) is 1. The van der Waals surface area contributed by atoms with Crippen LogP contribution in [0.1, 0.15) is 42.5 Å². The van der Waals surface area contributed by atoms with Gasteiger partial charge < -0.3 is 16.0 Å². The van der Waals surface area contributed by atoms with E-state index < -0.39 is 11.7 Å². The predicted molar refractivity (Wildman–Crippen MR) is 118 cm³/mol. The molecule has 0 unspecified atom stereocenters. The highest BCUT2D eigenvalue weighted by molar-refractivity contribution is 5.94. The van der Waals surface area contributed by atoms with Crippen LogP contribution in [0.3, 0.4) is 0 Å². The second kappa shape index (κ2) is 15.4. The number of nitrogens with zero attached hydrogens (tertiary/aromatic N) is 2. The highest BCUT2D eigenvalue weighted by Crippen LogP contribution is 2.09. The Kier molecular flexibility index (Phi) is 14.7. The Labute approximate surface area is 185 Å². The normalized spacial score (nSPS) is 13.9. The fraction of sp³-hybridized carbons (Fsp3) is 0.600. The summed E-state index contributed by atoms with van der Waals surface area (Å²) in [6.07, 6.45) is 4.73. The molecule has 1 saturated heterocycles. The van der Waals surface area contributed by atoms with E-state index in [4.69, 9.17) is 5.73 Å². The lowest BCUT2D eigenvalue weighted by Crippen LogP contribution is -2.50. The number of hydrogen-bond donors (Lipinski definition) is 2. The lowest BCUT2D eigenvalue weighted by molar-refractivity contribution is -0.133. The molecule has 0 saturated carbocycles. The van der Waals surface area contributed by atoms with Crippen LogP contribution in [-0.2, 0) is 4.79 Å². The first-order valence-corrected chi connectivity index (χ1v) is 9.84. The smallest absolute Gasteiger partial charge is 0.254 e. The zero-order valence-corrected chi connectivity index (χ0v) is 18.4. The molecule has 9 heteroatoms. The number of carbonyl (C=O) groups is 2. The number of carbonyl (C=O) groups excluding carboxylic acids is 2. The number of benzene rings is 1. The highest BCUT2D eigenvalue weighted by atomic mass is 35.5. The monoisotopic (exact) mass is 450 g/mol. The van der Waals surface area contributed by atoms with Crippen LogP contribution in [0.5, 0.6) is 0 Å². The summed E-state index contributed by atoms with van der Waals surface area (Å²) in [4.78, 5) is 28.3. The molecule has 29 heavy (non-hydrogen) atoms. The van der Waals surface area contributed by atoms with Crippen molar-refractivity contribution in [1.82, 2.24) is 15.1 Å². The first-order chi connectivity index (χ1) is 13.1. The van der Waals surface area contributed by atoms with Crippen LogP contribution < -0.4 is 11.1 Å². The van der Waals surface area contributed by atoms with Gasteiger partial charge in [-0.3, -0.25) is 14.5 Å². The molecule has 0 aromatic heterocycles. The number of amides is 2. The maximum atomic E-state index is 13.6. The topological polar surface area (TPSA) is 78.7 Å². The maximum Gasteiger partial charge on any atom is 0.254 e. The van der Waals surface area contributed by atoms with Gasteiger partial charge in [0.15, 0.2) is 0 Å². The number of piperazine rings is 1. The van der Waals surface area contributed by atoms with Crippen molar-refractivity contribution in [2.75, 3.05) is 45.8 Å². The molecular formula is C20H33Cl2FN4O2. The molecule has 6 nitrogen and oxygen atoms in total. The van der Waals surface area contributed by atoms with Crippen molar-refractivity contribution in [3.63, 3.8) is 0 Å². The van der Waals surface area contributed by atoms with Gasteiger partial charge in [0.1, 0.15) is 5.82 Å². The zero-order valence-electron chi connectivity index (χ0n) is 16.8. The first-order valence-electron chi connectivity index (χ1n) is 9.84. The molecule has 2 amide bonds. The Morgan fingerprint density at radius 3 is 2.31 bits per heavy atom. The Morgan fingerprint density at radius 2 is 1.66 bits per heavy atom. The number of halogens is 3. The molecule has 1 aromatic carbocycles. The molecular weight excluding hydrogens is 418 g/mol. The van der Waals surface area contributed by atoms with Crippen molar-refractivity contribution in [1.29, 1.82) is 0 Å². The van der Waals surface area contributed by atoms with Crippen molar-refractivity contribution in [3.05, 3.63) is 35.6 Å². The van der Waals surface area contributed by atoms with Gasteiger partial charge in [-0.25, -0.2) is 4.39 Å². The Hall–Kier alpha value is -1.41. The van der Waals surface area contributed by atoms with E-state index in [-0.39, 0.29) is 36.3 Å². The molecule has 0 aliphatic carbocycles. The van der Waals surface area contributed by atoms with E-state index in [2.05, 4.69) is 10.2 Å². The SMILES string of the molecule is Cl.Cl.NCCCCCCC(=O)N1CCN(CCNC(=O)c2ccccc2F)CC1. The minimum Gasteiger partial charge on any atom is -0.351 e. The number of unbranched alkanes of at least 4 members (excludes halogenated alkanes) is 3. The maximum absolute atomic E-state index is 13.6. The van der Waals surface area contributed by atoms with Gasteiger partial charge in [-0.1, -0.05) is 25.0 Å². The van der Waals surface area contributed by atoms with Crippen LogP contribution in [0.4, 0.5) is 4.39 Å². The molecule has 2 rings (SSSR count). The van der Waals surface area contributed by atoms with Crippen LogP contribution in [0.25, 0.3) is 0 Å². The lowest BCUT2D eigenvalue weighted by Gasteiger charge is -2.34. The average molecular weight is 451 g/mol. The summed E-state index contributed by atoms with van der Waals surface area (Å²) in [6, 6.07) is 5.97. The molecule has 1 heterocycles. The molecule has 0 atom stereocenters. The van der Waals surface area contributed by atoms with E-state index in [0.717, 1.165) is 58.4 Å². The van der Waals surface area contributed by atoms with E-state index in [1.807, 2.05) is 4.90 Å². The van der Waals surface area contributed by atoms with Crippen LogP contribution in [0.2, 0.25) is 0 Å². The summed E-state index contributed by atoms with van der Waals surface area (Å²) in [5, 5.41) is 2.76. The van der Waals surface area contributed by atoms with Gasteiger partial charge in [-0.15, -0.1) is 24.8 Å². The van der Waals surface area contributed by atoms with Gasteiger partial charge >= 0.3 is 0 Å². The van der Waals surface area contributed by atoms with Gasteiger partial charge in [0.25, 0.3) is 5.91 Å². The minimum absolute atomic E-state index is 0. The van der Waals surface area contributed by atoms with Gasteiger partial charge in [0.05, 0.1) is 5.56 Å². The van der Waals surface area contributed by atoms with Crippen molar-refractivity contribution < 1.29 is 14.0 Å². The summed E-state index contributed by atoms with van der Waals surface area (Å²) in [5.41, 5.74) is 5.54. The van der Waals surface area contributed by atoms with Gasteiger partial charge in [0.2, 0.25) is 5.91 Å². The van der Waals surface area contributed by atoms with E-state index in [1.165, 1.54) is 12.1 Å². The molecule has 166 valence electrons. The lowest BCUT2D eigenvalue weighted by atomic mass is 10.1. The number of rotatable bonds is 10. The average Bonchev–Trinajstić information content (AvgIpc) is 2.68. The van der Waals surface area contributed by atoms with E-state index >= 15 is 0 Å². The Bertz CT molecular complexity index is 614. The fourth-order valence-corrected chi connectivity index (χ4v) is 3.22. The largest absolute Gasteiger partial charge is 0.351 e. The highest BCUT2D eigenvalue weighted by Gasteiger charge is 2.20. The van der Waals surface area contributed by atoms with Crippen LogP contribution in [-0.4, -0.2) is 67.4 Å². The molecule has 3 N–H and O–H groups in total. The third-order valence-electron chi connectivity index (χ3n) is 4.90. The molecule has 1 fully saturated rings. The Balaban J connectivity index is 0.00000392. The van der Waals surface area contributed by atoms with Gasteiger partial charge in [-0.2, -0.15) is 0 Å². The summed E-state index contributed by atoms with van der Waals surface area (Å²) >= 11 is 0. The van der Waals surface area contributed by atoms with Crippen LogP contribution >= 0.6 is 24.8 Å². The van der Waals surface area contributed by atoms with Crippen molar-refractivity contribution in [2.24, 2.45) is 5.73 Å². The minimum atomic E-state index is -0.509. The molecule has 0 spiro atoms. The quantitative estimate of drug-likeness (QED) is 0.536. The first kappa shape index (κ1) is 27.6. The molecule has 1 aromatic rings. The van der Waals surface area contributed by atoms with Gasteiger partial charge in [0, 0.05) is 45.7 Å². The molecule has 0 radical (unpaired) electrons. The third kappa shape index (κ3) is 9.76. The van der Waals surface area contributed by atoms with Crippen LogP contribution in [0, 0.1) is 5.82 Å². The standard InChI is InChI=1S/C20H31FN4O2.2ClH/c21-18-8-5-4-7-17(18)20(27)23-11-12-24-13-15-25(16-14-24)19(26)9-3-1-2-6-10-22;;/h4-5,7-8H,1-3,6,9-16,22H2,(H,23,27);2*1H. The Morgan fingerprint density at radius 1 is 1.00 bits per heavy atom. The summed E-state index contributed by atoms with van der Waals surface area (Å²) in [5.74, 6) is -0.669. The fourth-order valence-electron chi connectivity index (χ4n) is 3.22. The van der Waals surface area contributed by atoms with Gasteiger partial charge in [-0.05, 0) is 31.5 Å². The van der Waals surface area contributed by atoms with Crippen molar-refractivity contribution in [3.8, 4) is 0 Å². The van der Waals surface area contributed by atoms with E-state index in [9.17, 15) is 14.0 Å². The second-order valence-electron chi connectivity index (χ2n) is 6.91. The summed E-state index contributed by atoms with van der Waals surface area (Å²) < 4.78 is 13.6. The molecule has 1 aliphatic heterocycles. The van der Waals surface area contributed by atoms with E-state index in [0.29, 0.717) is 19.5 Å².